The molecule has 5 nitrogen and oxygen atoms in total. The Balaban J connectivity index is 2.63. The average Bonchev–Trinajstić information content (AvgIpc) is 2.20. The van der Waals surface area contributed by atoms with Crippen LogP contribution in [-0.4, -0.2) is 18.0 Å². The smallest absolute Gasteiger partial charge is 0.329 e. The van der Waals surface area contributed by atoms with E-state index in [1.165, 1.54) is 6.21 Å². The van der Waals surface area contributed by atoms with Crippen LogP contribution in [-0.2, 0) is 9.59 Å². The predicted octanol–water partition coefficient (Wildman–Crippen LogP) is -0.0696. The fourth-order valence-corrected chi connectivity index (χ4v) is 0.947. The Morgan fingerprint density at radius 2 is 2.07 bits per heavy atom. The van der Waals surface area contributed by atoms with Crippen molar-refractivity contribution in [2.75, 3.05) is 0 Å². The molecule has 1 rings (SSSR count). The lowest BCUT2D eigenvalue weighted by Crippen LogP contribution is -2.32. The standard InChI is InChI=1S/C10H11N3O2/c1-7-4-2-3-5-8(7)6-12-13-10(15)9(11)14/h2-6H,1H3,(H2,11,14)(H,13,15). The molecule has 2 amide bonds. The molecule has 0 aliphatic heterocycles. The molecule has 15 heavy (non-hydrogen) atoms. The van der Waals surface area contributed by atoms with Crippen molar-refractivity contribution in [3.8, 4) is 0 Å². The Bertz CT molecular complexity index is 413. The van der Waals surface area contributed by atoms with Gasteiger partial charge in [0.05, 0.1) is 6.21 Å². The average molecular weight is 205 g/mol. The van der Waals surface area contributed by atoms with Crippen LogP contribution < -0.4 is 11.2 Å². The summed E-state index contributed by atoms with van der Waals surface area (Å²) in [7, 11) is 0. The van der Waals surface area contributed by atoms with Crippen molar-refractivity contribution in [3.05, 3.63) is 35.4 Å². The van der Waals surface area contributed by atoms with Crippen LogP contribution in [0.4, 0.5) is 0 Å². The molecule has 0 radical (unpaired) electrons. The molecule has 0 fully saturated rings. The minimum Gasteiger partial charge on any atom is -0.361 e. The molecule has 0 saturated carbocycles. The molecule has 0 unspecified atom stereocenters. The van der Waals surface area contributed by atoms with Gasteiger partial charge in [-0.1, -0.05) is 24.3 Å². The van der Waals surface area contributed by atoms with Gasteiger partial charge in [-0.05, 0) is 18.1 Å². The quantitative estimate of drug-likeness (QED) is 0.402. The lowest BCUT2D eigenvalue weighted by molar-refractivity contribution is -0.137. The third-order valence-electron chi connectivity index (χ3n) is 1.78. The van der Waals surface area contributed by atoms with E-state index in [0.717, 1.165) is 11.1 Å². The largest absolute Gasteiger partial charge is 0.361 e. The minimum atomic E-state index is -1.06. The van der Waals surface area contributed by atoms with Gasteiger partial charge >= 0.3 is 11.8 Å². The molecule has 5 heteroatoms. The lowest BCUT2D eigenvalue weighted by Gasteiger charge is -1.97. The number of nitrogens with two attached hydrogens (primary N) is 1. The molecule has 0 heterocycles. The summed E-state index contributed by atoms with van der Waals surface area (Å²) in [6.07, 6.45) is 1.45. The van der Waals surface area contributed by atoms with Crippen LogP contribution >= 0.6 is 0 Å². The summed E-state index contributed by atoms with van der Waals surface area (Å²) in [5.41, 5.74) is 8.62. The molecule has 78 valence electrons. The van der Waals surface area contributed by atoms with Crippen molar-refractivity contribution >= 4 is 18.0 Å². The highest BCUT2D eigenvalue weighted by Gasteiger charge is 2.05. The van der Waals surface area contributed by atoms with Gasteiger partial charge in [-0.15, -0.1) is 0 Å². The second-order valence-corrected chi connectivity index (χ2v) is 2.92. The molecule has 0 saturated heterocycles. The highest BCUT2D eigenvalue weighted by molar-refractivity contribution is 6.34. The second-order valence-electron chi connectivity index (χ2n) is 2.92. The summed E-state index contributed by atoms with van der Waals surface area (Å²) in [4.78, 5) is 21.1. The van der Waals surface area contributed by atoms with Crippen LogP contribution in [0.3, 0.4) is 0 Å². The number of nitrogens with one attached hydrogen (secondary N) is 1. The first-order valence-corrected chi connectivity index (χ1v) is 4.29. The molecule has 0 spiro atoms. The van der Waals surface area contributed by atoms with Gasteiger partial charge in [0.25, 0.3) is 0 Å². The molecular weight excluding hydrogens is 194 g/mol. The number of nitrogens with zero attached hydrogens (tertiary/aromatic N) is 1. The summed E-state index contributed by atoms with van der Waals surface area (Å²) in [5.74, 6) is -1.99. The number of carbonyl (C=O) groups is 2. The van der Waals surface area contributed by atoms with E-state index in [9.17, 15) is 9.59 Å². The summed E-state index contributed by atoms with van der Waals surface area (Å²) in [6.45, 7) is 1.91. The van der Waals surface area contributed by atoms with Crippen molar-refractivity contribution in [1.82, 2.24) is 5.43 Å². The Hall–Kier alpha value is -2.17. The van der Waals surface area contributed by atoms with Gasteiger partial charge in [-0.25, -0.2) is 5.43 Å². The molecule has 0 aliphatic carbocycles. The molecule has 0 atom stereocenters. The number of amides is 2. The zero-order valence-corrected chi connectivity index (χ0v) is 8.23. The van der Waals surface area contributed by atoms with Crippen LogP contribution in [0.5, 0.6) is 0 Å². The highest BCUT2D eigenvalue weighted by Crippen LogP contribution is 2.02. The van der Waals surface area contributed by atoms with Crippen LogP contribution in [0.2, 0.25) is 0 Å². The first-order chi connectivity index (χ1) is 7.11. The number of benzene rings is 1. The molecule has 1 aromatic carbocycles. The molecule has 0 bridgehead atoms. The summed E-state index contributed by atoms with van der Waals surface area (Å²) >= 11 is 0. The molecule has 3 N–H and O–H groups in total. The number of hydrazone groups is 1. The Morgan fingerprint density at radius 1 is 1.40 bits per heavy atom. The monoisotopic (exact) mass is 205 g/mol. The number of hydrogen-bond acceptors (Lipinski definition) is 3. The SMILES string of the molecule is Cc1ccccc1C=NNC(=O)C(N)=O. The van der Waals surface area contributed by atoms with Crippen molar-refractivity contribution in [2.45, 2.75) is 6.92 Å². The van der Waals surface area contributed by atoms with E-state index in [1.807, 2.05) is 36.6 Å². The zero-order chi connectivity index (χ0) is 11.3. The minimum absolute atomic E-state index is 0.863. The Kier molecular flexibility index (Phi) is 3.56. The van der Waals surface area contributed by atoms with Crippen LogP contribution in [0, 0.1) is 6.92 Å². The second kappa shape index (κ2) is 4.90. The number of aryl methyl sites for hydroxylation is 1. The fraction of sp³-hybridized carbons (Fsp3) is 0.100. The topological polar surface area (TPSA) is 84.6 Å². The van der Waals surface area contributed by atoms with Gasteiger partial charge in [0.2, 0.25) is 0 Å². The number of rotatable bonds is 2. The molecule has 0 aliphatic rings. The zero-order valence-electron chi connectivity index (χ0n) is 8.23. The maximum absolute atomic E-state index is 10.7. The van der Waals surface area contributed by atoms with E-state index in [1.54, 1.807) is 0 Å². The van der Waals surface area contributed by atoms with Gasteiger partial charge in [-0.3, -0.25) is 9.59 Å². The van der Waals surface area contributed by atoms with Crippen molar-refractivity contribution in [1.29, 1.82) is 0 Å². The summed E-state index contributed by atoms with van der Waals surface area (Å²) in [6, 6.07) is 7.51. The maximum atomic E-state index is 10.7. The third kappa shape index (κ3) is 3.22. The van der Waals surface area contributed by atoms with Crippen LogP contribution in [0.1, 0.15) is 11.1 Å². The Labute approximate surface area is 87.0 Å². The highest BCUT2D eigenvalue weighted by atomic mass is 16.2. The number of primary amides is 1. The predicted molar refractivity (Wildman–Crippen MR) is 56.1 cm³/mol. The van der Waals surface area contributed by atoms with Crippen LogP contribution in [0.25, 0.3) is 0 Å². The van der Waals surface area contributed by atoms with E-state index in [4.69, 9.17) is 5.73 Å². The van der Waals surface area contributed by atoms with Gasteiger partial charge < -0.3 is 5.73 Å². The normalized spacial score (nSPS) is 10.2. The first-order valence-electron chi connectivity index (χ1n) is 4.29. The molecular formula is C10H11N3O2. The summed E-state index contributed by atoms with van der Waals surface area (Å²) in [5, 5.41) is 3.60. The van der Waals surface area contributed by atoms with Crippen molar-refractivity contribution < 1.29 is 9.59 Å². The lowest BCUT2D eigenvalue weighted by atomic mass is 10.1. The molecule has 0 aromatic heterocycles. The van der Waals surface area contributed by atoms with Crippen LogP contribution in [0.15, 0.2) is 29.4 Å². The number of carbonyl (C=O) groups excluding carboxylic acids is 2. The summed E-state index contributed by atoms with van der Waals surface area (Å²) < 4.78 is 0. The maximum Gasteiger partial charge on any atom is 0.329 e. The number of hydrogen-bond donors (Lipinski definition) is 2. The molecule has 1 aromatic rings. The first kappa shape index (κ1) is 10.9. The third-order valence-corrected chi connectivity index (χ3v) is 1.78. The van der Waals surface area contributed by atoms with Crippen molar-refractivity contribution in [2.24, 2.45) is 10.8 Å². The van der Waals surface area contributed by atoms with Gasteiger partial charge in [0.1, 0.15) is 0 Å². The van der Waals surface area contributed by atoms with Gasteiger partial charge in [0, 0.05) is 0 Å². The van der Waals surface area contributed by atoms with E-state index < -0.39 is 11.8 Å². The van der Waals surface area contributed by atoms with Gasteiger partial charge in [-0.2, -0.15) is 5.10 Å². The van der Waals surface area contributed by atoms with E-state index in [0.29, 0.717) is 0 Å². The van der Waals surface area contributed by atoms with E-state index >= 15 is 0 Å². The van der Waals surface area contributed by atoms with Gasteiger partial charge in [0.15, 0.2) is 0 Å². The van der Waals surface area contributed by atoms with E-state index in [-0.39, 0.29) is 0 Å². The fourth-order valence-electron chi connectivity index (χ4n) is 0.947. The van der Waals surface area contributed by atoms with Crippen molar-refractivity contribution in [3.63, 3.8) is 0 Å². The Morgan fingerprint density at radius 3 is 2.67 bits per heavy atom. The van der Waals surface area contributed by atoms with E-state index in [2.05, 4.69) is 5.10 Å².